The molecular weight excluding hydrogens is 268 g/mol. The van der Waals surface area contributed by atoms with Crippen LogP contribution in [-0.2, 0) is 0 Å². The van der Waals surface area contributed by atoms with Crippen molar-refractivity contribution in [3.63, 3.8) is 0 Å². The van der Waals surface area contributed by atoms with Crippen molar-refractivity contribution in [1.82, 2.24) is 19.5 Å². The summed E-state index contributed by atoms with van der Waals surface area (Å²) in [7, 11) is 2.06. The molecule has 0 spiro atoms. The fourth-order valence-electron chi connectivity index (χ4n) is 2.29. The second-order valence-corrected chi connectivity index (χ2v) is 5.09. The molecule has 0 aliphatic carbocycles. The molecule has 0 aromatic carbocycles. The minimum atomic E-state index is 0.328. The predicted octanol–water partition coefficient (Wildman–Crippen LogP) is 0.226. The lowest BCUT2D eigenvalue weighted by Crippen LogP contribution is -2.46. The van der Waals surface area contributed by atoms with Gasteiger partial charge >= 0.3 is 0 Å². The number of carbonyl (C=O) groups excluding carboxylic acids is 1. The van der Waals surface area contributed by atoms with Gasteiger partial charge in [0, 0.05) is 36.6 Å². The van der Waals surface area contributed by atoms with Crippen LogP contribution in [0.1, 0.15) is 16.1 Å². The van der Waals surface area contributed by atoms with Crippen molar-refractivity contribution in [3.05, 3.63) is 35.9 Å². The quantitative estimate of drug-likeness (QED) is 0.641. The van der Waals surface area contributed by atoms with Crippen molar-refractivity contribution >= 4 is 23.7 Å². The number of rotatable bonds is 4. The molecule has 108 valence electrons. The molecule has 1 fully saturated rings. The number of hydrogen-bond acceptors (Lipinski definition) is 6. The van der Waals surface area contributed by atoms with E-state index in [1.165, 1.54) is 16.9 Å². The SMILES string of the molecule is CN1CC(N=C/C(=C\N)c2cnn3c(C=O)cnc3c2)C1. The molecule has 0 bridgehead atoms. The van der Waals surface area contributed by atoms with Crippen molar-refractivity contribution in [2.45, 2.75) is 6.04 Å². The van der Waals surface area contributed by atoms with Crippen LogP contribution in [0.5, 0.6) is 0 Å². The van der Waals surface area contributed by atoms with E-state index in [0.29, 0.717) is 17.4 Å². The van der Waals surface area contributed by atoms with Crippen LogP contribution in [0.15, 0.2) is 29.7 Å². The molecule has 0 saturated carbocycles. The summed E-state index contributed by atoms with van der Waals surface area (Å²) in [6, 6.07) is 2.16. The number of likely N-dealkylation sites (N-methyl/N-ethyl adjacent to an activating group) is 1. The number of aliphatic imine (C=N–C) groups is 1. The predicted molar refractivity (Wildman–Crippen MR) is 80.3 cm³/mol. The first-order chi connectivity index (χ1) is 10.2. The van der Waals surface area contributed by atoms with Gasteiger partial charge in [0.25, 0.3) is 0 Å². The van der Waals surface area contributed by atoms with Gasteiger partial charge in [-0.2, -0.15) is 5.10 Å². The second-order valence-electron chi connectivity index (χ2n) is 5.09. The maximum Gasteiger partial charge on any atom is 0.170 e. The van der Waals surface area contributed by atoms with Crippen LogP contribution in [0, 0.1) is 0 Å². The molecule has 0 amide bonds. The Morgan fingerprint density at radius 3 is 2.95 bits per heavy atom. The van der Waals surface area contributed by atoms with Gasteiger partial charge in [-0.3, -0.25) is 9.79 Å². The molecule has 2 N–H and O–H groups in total. The number of allylic oxidation sites excluding steroid dienone is 1. The highest BCUT2D eigenvalue weighted by molar-refractivity contribution is 6.09. The van der Waals surface area contributed by atoms with Crippen LogP contribution in [0.4, 0.5) is 0 Å². The summed E-state index contributed by atoms with van der Waals surface area (Å²) in [4.78, 5) is 21.7. The van der Waals surface area contributed by atoms with Gasteiger partial charge in [-0.05, 0) is 13.1 Å². The highest BCUT2D eigenvalue weighted by Gasteiger charge is 2.21. The smallest absolute Gasteiger partial charge is 0.170 e. The number of carbonyl (C=O) groups is 1. The maximum atomic E-state index is 10.8. The monoisotopic (exact) mass is 284 g/mol. The van der Waals surface area contributed by atoms with Crippen LogP contribution in [0.3, 0.4) is 0 Å². The lowest BCUT2D eigenvalue weighted by atomic mass is 10.1. The van der Waals surface area contributed by atoms with Crippen molar-refractivity contribution in [3.8, 4) is 0 Å². The fourth-order valence-corrected chi connectivity index (χ4v) is 2.29. The Kier molecular flexibility index (Phi) is 3.49. The summed E-state index contributed by atoms with van der Waals surface area (Å²) >= 11 is 0. The van der Waals surface area contributed by atoms with Crippen molar-refractivity contribution in [1.29, 1.82) is 0 Å². The number of fused-ring (bicyclic) bond motifs is 1. The Hall–Kier alpha value is -2.54. The minimum Gasteiger partial charge on any atom is -0.404 e. The zero-order valence-corrected chi connectivity index (χ0v) is 11.7. The van der Waals surface area contributed by atoms with E-state index in [1.54, 1.807) is 12.4 Å². The Balaban J connectivity index is 1.85. The van der Waals surface area contributed by atoms with Gasteiger partial charge in [-0.1, -0.05) is 0 Å². The highest BCUT2D eigenvalue weighted by Crippen LogP contribution is 2.15. The number of aromatic nitrogens is 3. The molecule has 21 heavy (non-hydrogen) atoms. The van der Waals surface area contributed by atoms with Gasteiger partial charge in [-0.15, -0.1) is 0 Å². The molecule has 1 aliphatic rings. The van der Waals surface area contributed by atoms with Crippen LogP contribution in [0.2, 0.25) is 0 Å². The zero-order valence-electron chi connectivity index (χ0n) is 11.7. The first kappa shape index (κ1) is 13.4. The number of imidazole rings is 1. The standard InChI is InChI=1S/C14H16N6O/c1-19-7-12(8-19)16-4-11(3-15)10-2-14-17-6-13(9-21)20(14)18-5-10/h2-6,9,12H,7-8,15H2,1H3/b11-3+,16-4?. The molecule has 7 heteroatoms. The van der Waals surface area contributed by atoms with Crippen LogP contribution in [-0.4, -0.2) is 58.2 Å². The number of hydrogen-bond donors (Lipinski definition) is 1. The molecule has 1 saturated heterocycles. The Bertz CT molecular complexity index is 726. The van der Waals surface area contributed by atoms with E-state index in [9.17, 15) is 4.79 Å². The van der Waals surface area contributed by atoms with Crippen molar-refractivity contribution in [2.75, 3.05) is 20.1 Å². The van der Waals surface area contributed by atoms with E-state index in [1.807, 2.05) is 6.07 Å². The normalized spacial score (nSPS) is 17.5. The van der Waals surface area contributed by atoms with Gasteiger partial charge in [0.1, 0.15) is 5.69 Å². The minimum absolute atomic E-state index is 0.328. The average Bonchev–Trinajstić information content (AvgIpc) is 2.88. The fraction of sp³-hybridized carbons (Fsp3) is 0.286. The molecule has 3 heterocycles. The van der Waals surface area contributed by atoms with E-state index < -0.39 is 0 Å². The number of nitrogens with zero attached hydrogens (tertiary/aromatic N) is 5. The van der Waals surface area contributed by atoms with Crippen molar-refractivity contribution < 1.29 is 4.79 Å². The van der Waals surface area contributed by atoms with E-state index in [0.717, 1.165) is 30.5 Å². The van der Waals surface area contributed by atoms with Crippen molar-refractivity contribution in [2.24, 2.45) is 10.7 Å². The van der Waals surface area contributed by atoms with E-state index in [4.69, 9.17) is 5.73 Å². The zero-order chi connectivity index (χ0) is 14.8. The van der Waals surface area contributed by atoms with E-state index in [2.05, 4.69) is 27.0 Å². The van der Waals surface area contributed by atoms with Crippen LogP contribution in [0.25, 0.3) is 11.2 Å². The van der Waals surface area contributed by atoms with Crippen LogP contribution < -0.4 is 5.73 Å². The second kappa shape index (κ2) is 5.45. The third-order valence-corrected chi connectivity index (χ3v) is 3.49. The number of aldehydes is 1. The first-order valence-corrected chi connectivity index (χ1v) is 6.64. The summed E-state index contributed by atoms with van der Waals surface area (Å²) in [6.07, 6.45) is 7.14. The largest absolute Gasteiger partial charge is 0.404 e. The number of likely N-dealkylation sites (tertiary alicyclic amines) is 1. The summed E-state index contributed by atoms with van der Waals surface area (Å²) < 4.78 is 1.49. The average molecular weight is 284 g/mol. The molecule has 1 aliphatic heterocycles. The van der Waals surface area contributed by atoms with Crippen LogP contribution >= 0.6 is 0 Å². The lowest BCUT2D eigenvalue weighted by Gasteiger charge is -2.33. The van der Waals surface area contributed by atoms with E-state index >= 15 is 0 Å². The molecule has 0 unspecified atom stereocenters. The summed E-state index contributed by atoms with van der Waals surface area (Å²) in [6.45, 7) is 1.93. The molecule has 0 atom stereocenters. The molecule has 0 radical (unpaired) electrons. The number of nitrogens with two attached hydrogens (primary N) is 1. The van der Waals surface area contributed by atoms with Gasteiger partial charge in [0.05, 0.1) is 18.4 Å². The summed E-state index contributed by atoms with van der Waals surface area (Å²) in [5.74, 6) is 0. The van der Waals surface area contributed by atoms with Gasteiger partial charge in [0.15, 0.2) is 11.9 Å². The van der Waals surface area contributed by atoms with Gasteiger partial charge in [-0.25, -0.2) is 9.50 Å². The maximum absolute atomic E-state index is 10.8. The summed E-state index contributed by atoms with van der Waals surface area (Å²) in [5, 5.41) is 4.21. The van der Waals surface area contributed by atoms with E-state index in [-0.39, 0.29) is 0 Å². The summed E-state index contributed by atoms with van der Waals surface area (Å²) in [5.41, 5.74) is 8.31. The molecular formula is C14H16N6O. The topological polar surface area (TPSA) is 88.9 Å². The lowest BCUT2D eigenvalue weighted by molar-refractivity contribution is 0.111. The Morgan fingerprint density at radius 2 is 2.29 bits per heavy atom. The van der Waals surface area contributed by atoms with Gasteiger partial charge in [0.2, 0.25) is 0 Å². The first-order valence-electron chi connectivity index (χ1n) is 6.64. The van der Waals surface area contributed by atoms with Gasteiger partial charge < -0.3 is 10.6 Å². The third kappa shape index (κ3) is 2.55. The third-order valence-electron chi connectivity index (χ3n) is 3.49. The highest BCUT2D eigenvalue weighted by atomic mass is 16.1. The molecule has 2 aromatic heterocycles. The molecule has 7 nitrogen and oxygen atoms in total. The Labute approximate surface area is 121 Å². The molecule has 2 aromatic rings. The Morgan fingerprint density at radius 1 is 1.48 bits per heavy atom. The molecule has 3 rings (SSSR count).